The van der Waals surface area contributed by atoms with E-state index in [-0.39, 0.29) is 11.2 Å². The Kier molecular flexibility index (Phi) is 4.99. The van der Waals surface area contributed by atoms with Gasteiger partial charge in [0.1, 0.15) is 10.8 Å². The highest BCUT2D eigenvalue weighted by Gasteiger charge is 2.21. The van der Waals surface area contributed by atoms with Gasteiger partial charge in [-0.25, -0.2) is 4.39 Å². The van der Waals surface area contributed by atoms with Crippen molar-refractivity contribution in [2.45, 2.75) is 19.3 Å². The third-order valence-corrected chi connectivity index (χ3v) is 4.90. The van der Waals surface area contributed by atoms with Gasteiger partial charge in [0.15, 0.2) is 0 Å². The minimum Gasteiger partial charge on any atom is -0.366 e. The van der Waals surface area contributed by atoms with Gasteiger partial charge in [-0.15, -0.1) is 0 Å². The van der Waals surface area contributed by atoms with Crippen molar-refractivity contribution in [1.29, 1.82) is 0 Å². The summed E-state index contributed by atoms with van der Waals surface area (Å²) < 4.78 is 17.4. The summed E-state index contributed by atoms with van der Waals surface area (Å²) in [5.41, 5.74) is 7.36. The largest absolute Gasteiger partial charge is 0.366 e. The van der Waals surface area contributed by atoms with Crippen LogP contribution in [0.2, 0.25) is 0 Å². The quantitative estimate of drug-likeness (QED) is 0.691. The highest BCUT2D eigenvalue weighted by Crippen LogP contribution is 2.26. The predicted octanol–water partition coefficient (Wildman–Crippen LogP) is 3.83. The van der Waals surface area contributed by atoms with E-state index in [1.54, 1.807) is 30.3 Å². The monoisotopic (exact) mass is 370 g/mol. The number of benzene rings is 2. The fourth-order valence-corrected chi connectivity index (χ4v) is 3.16. The molecule has 1 aromatic heterocycles. The summed E-state index contributed by atoms with van der Waals surface area (Å²) in [6.45, 7) is 4.73. The number of nitrogens with zero attached hydrogens (tertiary/aromatic N) is 2. The molecular weight excluding hydrogens is 351 g/mol. The molecule has 0 bridgehead atoms. The molecule has 0 radical (unpaired) electrons. The fraction of sp³-hybridized carbons (Fsp3) is 0.211. The van der Waals surface area contributed by atoms with Crippen molar-refractivity contribution < 1.29 is 9.18 Å². The summed E-state index contributed by atoms with van der Waals surface area (Å²) in [5.74, 6) is -0.207. The van der Waals surface area contributed by atoms with E-state index >= 15 is 0 Å². The molecule has 0 atom stereocenters. The second-order valence-corrected chi connectivity index (χ2v) is 7.36. The van der Waals surface area contributed by atoms with Crippen molar-refractivity contribution in [2.24, 2.45) is 5.73 Å². The summed E-state index contributed by atoms with van der Waals surface area (Å²) >= 11 is 1.25. The highest BCUT2D eigenvalue weighted by atomic mass is 32.1. The van der Waals surface area contributed by atoms with Gasteiger partial charge in [0.25, 0.3) is 0 Å². The topological polar surface area (TPSA) is 80.9 Å². The van der Waals surface area contributed by atoms with E-state index in [2.05, 4.69) is 28.5 Å². The number of hydrogen-bond acceptors (Lipinski definition) is 5. The van der Waals surface area contributed by atoms with Gasteiger partial charge < -0.3 is 11.1 Å². The Labute approximate surface area is 155 Å². The molecule has 1 amide bonds. The number of amides is 1. The molecule has 5 nitrogen and oxygen atoms in total. The van der Waals surface area contributed by atoms with Gasteiger partial charge in [-0.2, -0.15) is 9.36 Å². The average Bonchev–Trinajstić information content (AvgIpc) is 3.10. The van der Waals surface area contributed by atoms with E-state index < -0.39 is 5.91 Å². The van der Waals surface area contributed by atoms with Gasteiger partial charge in [0.2, 0.25) is 11.9 Å². The van der Waals surface area contributed by atoms with Crippen LogP contribution in [0.5, 0.6) is 0 Å². The fourth-order valence-electron chi connectivity index (χ4n) is 2.52. The third-order valence-electron chi connectivity index (χ3n) is 4.13. The Bertz CT molecular complexity index is 921. The molecule has 7 heteroatoms. The Hall–Kier alpha value is -2.80. The molecule has 3 N–H and O–H groups in total. The van der Waals surface area contributed by atoms with E-state index in [0.717, 1.165) is 11.1 Å². The van der Waals surface area contributed by atoms with Crippen molar-refractivity contribution in [3.8, 4) is 10.6 Å². The summed E-state index contributed by atoms with van der Waals surface area (Å²) in [7, 11) is 0. The maximum absolute atomic E-state index is 13.1. The number of aromatic nitrogens is 2. The second kappa shape index (κ2) is 7.21. The molecule has 0 saturated carbocycles. The van der Waals surface area contributed by atoms with Crippen molar-refractivity contribution in [1.82, 2.24) is 9.36 Å². The van der Waals surface area contributed by atoms with Crippen LogP contribution in [0.3, 0.4) is 0 Å². The number of primary amides is 1. The summed E-state index contributed by atoms with van der Waals surface area (Å²) in [4.78, 5) is 15.8. The molecule has 0 unspecified atom stereocenters. The van der Waals surface area contributed by atoms with E-state index in [1.165, 1.54) is 23.7 Å². The Morgan fingerprint density at radius 2 is 1.96 bits per heavy atom. The minimum atomic E-state index is -0.476. The molecule has 0 aliphatic rings. The number of nitrogens with one attached hydrogen (secondary N) is 1. The van der Waals surface area contributed by atoms with Gasteiger partial charge in [-0.3, -0.25) is 4.79 Å². The lowest BCUT2D eigenvalue weighted by molar-refractivity contribution is 0.100. The molecular formula is C19H19FN4OS. The number of carbonyl (C=O) groups excluding carboxylic acids is 1. The van der Waals surface area contributed by atoms with Gasteiger partial charge in [0.05, 0.1) is 0 Å². The lowest BCUT2D eigenvalue weighted by Gasteiger charge is -2.25. The highest BCUT2D eigenvalue weighted by molar-refractivity contribution is 7.09. The van der Waals surface area contributed by atoms with Crippen LogP contribution in [0, 0.1) is 5.82 Å². The molecule has 26 heavy (non-hydrogen) atoms. The van der Waals surface area contributed by atoms with Crippen molar-refractivity contribution in [2.75, 3.05) is 11.9 Å². The zero-order valence-electron chi connectivity index (χ0n) is 14.5. The van der Waals surface area contributed by atoms with Gasteiger partial charge >= 0.3 is 0 Å². The van der Waals surface area contributed by atoms with Crippen molar-refractivity contribution >= 4 is 23.4 Å². The zero-order chi connectivity index (χ0) is 18.7. The van der Waals surface area contributed by atoms with Crippen LogP contribution < -0.4 is 11.1 Å². The van der Waals surface area contributed by atoms with Crippen LogP contribution >= 0.6 is 11.5 Å². The molecule has 2 aromatic carbocycles. The molecule has 0 aliphatic heterocycles. The maximum Gasteiger partial charge on any atom is 0.248 e. The van der Waals surface area contributed by atoms with Crippen molar-refractivity contribution in [3.63, 3.8) is 0 Å². The number of nitrogens with two attached hydrogens (primary N) is 1. The molecule has 3 aromatic rings. The molecule has 0 fully saturated rings. The van der Waals surface area contributed by atoms with Crippen LogP contribution in [0.25, 0.3) is 10.6 Å². The minimum absolute atomic E-state index is 0.217. The number of halogens is 1. The van der Waals surface area contributed by atoms with Gasteiger partial charge in [-0.05, 0) is 41.4 Å². The molecule has 1 heterocycles. The van der Waals surface area contributed by atoms with Crippen LogP contribution in [0.1, 0.15) is 29.8 Å². The number of hydrogen-bond donors (Lipinski definition) is 2. The zero-order valence-corrected chi connectivity index (χ0v) is 15.3. The first-order valence-corrected chi connectivity index (χ1v) is 8.86. The molecule has 134 valence electrons. The first-order chi connectivity index (χ1) is 12.3. The first-order valence-electron chi connectivity index (χ1n) is 8.09. The van der Waals surface area contributed by atoms with E-state index in [9.17, 15) is 9.18 Å². The second-order valence-electron chi connectivity index (χ2n) is 6.61. The lowest BCUT2D eigenvalue weighted by Crippen LogP contribution is -2.27. The van der Waals surface area contributed by atoms with Gasteiger partial charge in [0, 0.05) is 23.1 Å². The van der Waals surface area contributed by atoms with E-state index in [0.29, 0.717) is 23.1 Å². The van der Waals surface area contributed by atoms with Crippen LogP contribution in [0.4, 0.5) is 10.3 Å². The SMILES string of the molecule is CC(C)(CNc1nsc(-c2cccc(C(N)=O)c2)n1)c1ccc(F)cc1. The van der Waals surface area contributed by atoms with Crippen molar-refractivity contribution in [3.05, 3.63) is 65.5 Å². The summed E-state index contributed by atoms with van der Waals surface area (Å²) in [5, 5.41) is 3.93. The average molecular weight is 370 g/mol. The Balaban J connectivity index is 1.71. The van der Waals surface area contributed by atoms with Crippen LogP contribution in [-0.4, -0.2) is 21.8 Å². The Morgan fingerprint density at radius 1 is 1.23 bits per heavy atom. The third kappa shape index (κ3) is 4.05. The Morgan fingerprint density at radius 3 is 2.65 bits per heavy atom. The number of anilines is 1. The molecule has 0 aliphatic carbocycles. The van der Waals surface area contributed by atoms with Gasteiger partial charge in [-0.1, -0.05) is 38.1 Å². The summed E-state index contributed by atoms with van der Waals surface area (Å²) in [6.07, 6.45) is 0. The summed E-state index contributed by atoms with van der Waals surface area (Å²) in [6, 6.07) is 13.5. The lowest BCUT2D eigenvalue weighted by atomic mass is 9.84. The van der Waals surface area contributed by atoms with E-state index in [1.807, 2.05) is 6.07 Å². The van der Waals surface area contributed by atoms with Crippen LogP contribution in [-0.2, 0) is 5.41 Å². The standard InChI is InChI=1S/C19H19FN4OS/c1-19(2,14-6-8-15(20)9-7-14)11-22-18-23-17(26-24-18)13-5-3-4-12(10-13)16(21)25/h3-10H,11H2,1-2H3,(H2,21,25)(H,22,24). The van der Waals surface area contributed by atoms with E-state index in [4.69, 9.17) is 5.73 Å². The van der Waals surface area contributed by atoms with Crippen LogP contribution in [0.15, 0.2) is 48.5 Å². The first kappa shape index (κ1) is 18.0. The molecule has 3 rings (SSSR count). The number of carbonyl (C=O) groups is 1. The smallest absolute Gasteiger partial charge is 0.248 e. The molecule has 0 saturated heterocycles. The predicted molar refractivity (Wildman–Crippen MR) is 102 cm³/mol. The maximum atomic E-state index is 13.1. The normalized spacial score (nSPS) is 11.3. The number of rotatable bonds is 6. The molecule has 0 spiro atoms.